The third-order valence-electron chi connectivity index (χ3n) is 3.02. The number of hydrogen-bond acceptors (Lipinski definition) is 5. The molecule has 1 aliphatic rings. The van der Waals surface area contributed by atoms with E-state index >= 15 is 0 Å². The molecule has 0 saturated heterocycles. The number of nitrogens with zero attached hydrogens (tertiary/aromatic N) is 2. The largest absolute Gasteiger partial charge is 0.393 e. The summed E-state index contributed by atoms with van der Waals surface area (Å²) in [5, 5.41) is 0.680. The molecule has 1 aromatic heterocycles. The summed E-state index contributed by atoms with van der Waals surface area (Å²) in [6.45, 7) is 0. The number of rotatable bonds is 2. The van der Waals surface area contributed by atoms with Gasteiger partial charge in [0.15, 0.2) is 10.6 Å². The number of thiol groups is 2. The van der Waals surface area contributed by atoms with Crippen LogP contribution in [0.5, 0.6) is 0 Å². The lowest BCUT2D eigenvalue weighted by Crippen LogP contribution is -2.28. The molecule has 102 valence electrons. The molecule has 0 bridgehead atoms. The molecule has 0 saturated carbocycles. The third-order valence-corrected chi connectivity index (χ3v) is 4.40. The molecular weight excluding hydrogens is 312 g/mol. The molecule has 20 heavy (non-hydrogen) atoms. The average molecular weight is 323 g/mol. The molecule has 0 amide bonds. The van der Waals surface area contributed by atoms with E-state index in [1.54, 1.807) is 12.4 Å². The number of hydroxylamine groups is 1. The van der Waals surface area contributed by atoms with Crippen LogP contribution in [0.15, 0.2) is 54.9 Å². The van der Waals surface area contributed by atoms with Crippen LogP contribution in [-0.2, 0) is 9.71 Å². The zero-order valence-corrected chi connectivity index (χ0v) is 12.8. The van der Waals surface area contributed by atoms with E-state index in [0.29, 0.717) is 10.8 Å². The van der Waals surface area contributed by atoms with Crippen LogP contribution in [0.25, 0.3) is 5.76 Å². The van der Waals surface area contributed by atoms with Crippen molar-refractivity contribution in [3.63, 3.8) is 0 Å². The SMILES string of the molecule is SN1OC(c2ccc(Cl)cc2)=CC1(S)c1cccnc1. The Kier molecular flexibility index (Phi) is 3.69. The summed E-state index contributed by atoms with van der Waals surface area (Å²) >= 11 is 14.9. The van der Waals surface area contributed by atoms with E-state index in [0.717, 1.165) is 11.1 Å². The molecule has 0 aliphatic carbocycles. The molecule has 1 aliphatic heterocycles. The Bertz CT molecular complexity index is 648. The summed E-state index contributed by atoms with van der Waals surface area (Å²) in [4.78, 5) is 9.00. The molecule has 1 aromatic carbocycles. The zero-order valence-electron chi connectivity index (χ0n) is 10.3. The quantitative estimate of drug-likeness (QED) is 0.819. The fourth-order valence-corrected chi connectivity index (χ4v) is 2.63. The van der Waals surface area contributed by atoms with E-state index < -0.39 is 4.87 Å². The first-order valence-corrected chi connectivity index (χ1v) is 7.11. The van der Waals surface area contributed by atoms with Gasteiger partial charge in [-0.25, -0.2) is 0 Å². The molecule has 1 atom stereocenters. The Labute approximate surface area is 133 Å². The van der Waals surface area contributed by atoms with Gasteiger partial charge in [0.1, 0.15) is 0 Å². The first-order chi connectivity index (χ1) is 9.59. The number of pyridine rings is 1. The molecule has 6 heteroatoms. The minimum Gasteiger partial charge on any atom is -0.393 e. The van der Waals surface area contributed by atoms with E-state index in [2.05, 4.69) is 30.4 Å². The number of aromatic nitrogens is 1. The highest BCUT2D eigenvalue weighted by Gasteiger charge is 2.40. The van der Waals surface area contributed by atoms with Gasteiger partial charge >= 0.3 is 0 Å². The van der Waals surface area contributed by atoms with Crippen LogP contribution in [0.1, 0.15) is 11.1 Å². The maximum absolute atomic E-state index is 5.89. The standard InChI is InChI=1S/C14H11ClN2OS2/c15-12-5-3-10(4-6-12)13-8-14(19,17(20)18-13)11-2-1-7-16-9-11/h1-9,19-20H. The van der Waals surface area contributed by atoms with Crippen molar-refractivity contribution in [2.45, 2.75) is 4.87 Å². The molecule has 0 radical (unpaired) electrons. The van der Waals surface area contributed by atoms with E-state index in [1.807, 2.05) is 42.5 Å². The minimum atomic E-state index is -0.771. The molecular formula is C14H11ClN2OS2. The van der Waals surface area contributed by atoms with Gasteiger partial charge in [-0.15, -0.1) is 12.6 Å². The van der Waals surface area contributed by atoms with Gasteiger partial charge in [-0.3, -0.25) is 4.98 Å². The summed E-state index contributed by atoms with van der Waals surface area (Å²) in [6, 6.07) is 11.2. The predicted octanol–water partition coefficient (Wildman–Crippen LogP) is 3.95. The molecule has 1 unspecified atom stereocenters. The van der Waals surface area contributed by atoms with Crippen LogP contribution in [0.4, 0.5) is 0 Å². The Hall–Kier alpha value is -1.14. The monoisotopic (exact) mass is 322 g/mol. The van der Waals surface area contributed by atoms with Crippen molar-refractivity contribution in [3.8, 4) is 0 Å². The highest BCUT2D eigenvalue weighted by Crippen LogP contribution is 2.44. The smallest absolute Gasteiger partial charge is 0.159 e. The molecule has 0 N–H and O–H groups in total. The second kappa shape index (κ2) is 5.33. The second-order valence-corrected chi connectivity index (χ2v) is 5.83. The Morgan fingerprint density at radius 2 is 1.95 bits per heavy atom. The zero-order chi connectivity index (χ0) is 14.2. The van der Waals surface area contributed by atoms with Gasteiger partial charge in [0, 0.05) is 28.5 Å². The van der Waals surface area contributed by atoms with Gasteiger partial charge in [0.25, 0.3) is 0 Å². The van der Waals surface area contributed by atoms with E-state index in [1.165, 1.54) is 4.47 Å². The van der Waals surface area contributed by atoms with Gasteiger partial charge in [0.05, 0.1) is 0 Å². The van der Waals surface area contributed by atoms with Crippen LogP contribution in [0.3, 0.4) is 0 Å². The van der Waals surface area contributed by atoms with Crippen molar-refractivity contribution in [3.05, 3.63) is 71.0 Å². The van der Waals surface area contributed by atoms with Crippen molar-refractivity contribution in [1.82, 2.24) is 9.45 Å². The van der Waals surface area contributed by atoms with E-state index in [4.69, 9.17) is 16.4 Å². The fraction of sp³-hybridized carbons (Fsp3) is 0.0714. The molecule has 3 rings (SSSR count). The Morgan fingerprint density at radius 1 is 1.20 bits per heavy atom. The summed E-state index contributed by atoms with van der Waals surface area (Å²) in [5.74, 6) is 0.676. The van der Waals surface area contributed by atoms with Crippen molar-refractivity contribution >= 4 is 42.8 Å². The van der Waals surface area contributed by atoms with E-state index in [9.17, 15) is 0 Å². The fourth-order valence-electron chi connectivity index (χ4n) is 1.95. The topological polar surface area (TPSA) is 25.4 Å². The molecule has 2 heterocycles. The lowest BCUT2D eigenvalue weighted by Gasteiger charge is -2.26. The Morgan fingerprint density at radius 3 is 2.60 bits per heavy atom. The van der Waals surface area contributed by atoms with Crippen LogP contribution in [0, 0.1) is 0 Å². The van der Waals surface area contributed by atoms with Crippen LogP contribution < -0.4 is 0 Å². The summed E-state index contributed by atoms with van der Waals surface area (Å²) in [5.41, 5.74) is 1.79. The summed E-state index contributed by atoms with van der Waals surface area (Å²) < 4.78 is 1.40. The van der Waals surface area contributed by atoms with Crippen molar-refractivity contribution in [2.24, 2.45) is 0 Å². The van der Waals surface area contributed by atoms with E-state index in [-0.39, 0.29) is 0 Å². The summed E-state index contributed by atoms with van der Waals surface area (Å²) in [6.07, 6.45) is 5.34. The highest BCUT2D eigenvalue weighted by atomic mass is 35.5. The molecule has 0 spiro atoms. The third kappa shape index (κ3) is 2.42. The number of benzene rings is 1. The number of hydrogen-bond donors (Lipinski definition) is 2. The summed E-state index contributed by atoms with van der Waals surface area (Å²) in [7, 11) is 0. The van der Waals surface area contributed by atoms with Gasteiger partial charge in [-0.2, -0.15) is 0 Å². The highest BCUT2D eigenvalue weighted by molar-refractivity contribution is 7.83. The minimum absolute atomic E-state index is 0.676. The molecule has 2 aromatic rings. The first kappa shape index (κ1) is 13.8. The molecule has 3 nitrogen and oxygen atoms in total. The second-order valence-electron chi connectivity index (χ2n) is 4.35. The van der Waals surface area contributed by atoms with Gasteiger partial charge < -0.3 is 4.84 Å². The van der Waals surface area contributed by atoms with Gasteiger partial charge in [-0.1, -0.05) is 35.0 Å². The normalized spacial score (nSPS) is 22.4. The Balaban J connectivity index is 2.00. The molecule has 0 fully saturated rings. The lowest BCUT2D eigenvalue weighted by molar-refractivity contribution is 0.00520. The predicted molar refractivity (Wildman–Crippen MR) is 86.2 cm³/mol. The number of halogens is 1. The van der Waals surface area contributed by atoms with Crippen molar-refractivity contribution in [1.29, 1.82) is 0 Å². The van der Waals surface area contributed by atoms with Crippen LogP contribution >= 0.6 is 37.0 Å². The maximum atomic E-state index is 5.89. The lowest BCUT2D eigenvalue weighted by atomic mass is 10.1. The maximum Gasteiger partial charge on any atom is 0.159 e. The first-order valence-electron chi connectivity index (χ1n) is 5.88. The van der Waals surface area contributed by atoms with Crippen LogP contribution in [-0.4, -0.2) is 9.45 Å². The van der Waals surface area contributed by atoms with Gasteiger partial charge in [0.2, 0.25) is 0 Å². The van der Waals surface area contributed by atoms with Crippen molar-refractivity contribution < 1.29 is 4.84 Å². The van der Waals surface area contributed by atoms with Gasteiger partial charge in [-0.05, 0) is 36.4 Å². The average Bonchev–Trinajstić information content (AvgIpc) is 2.78. The van der Waals surface area contributed by atoms with Crippen molar-refractivity contribution in [2.75, 3.05) is 0 Å². The van der Waals surface area contributed by atoms with Crippen LogP contribution in [0.2, 0.25) is 5.02 Å².